The van der Waals surface area contributed by atoms with Crippen LogP contribution in [0.1, 0.15) is 45.1 Å². The molecule has 1 unspecified atom stereocenters. The topological polar surface area (TPSA) is 79.0 Å². The van der Waals surface area contributed by atoms with Gasteiger partial charge in [-0.05, 0) is 37.8 Å². The van der Waals surface area contributed by atoms with E-state index < -0.39 is 16.1 Å². The van der Waals surface area contributed by atoms with Gasteiger partial charge in [0.25, 0.3) is 0 Å². The first kappa shape index (κ1) is 24.2. The monoisotopic (exact) mass is 451 g/mol. The minimum atomic E-state index is -3.69. The van der Waals surface area contributed by atoms with Crippen molar-refractivity contribution in [1.29, 1.82) is 0 Å². The smallest absolute Gasteiger partial charge is 0.243 e. The number of ether oxygens (including phenoxy) is 1. The number of amides is 1. The lowest BCUT2D eigenvalue weighted by Gasteiger charge is -2.39. The molecule has 1 N–H and O–H groups in total. The fourth-order valence-electron chi connectivity index (χ4n) is 4.79. The molecular weight excluding hydrogens is 414 g/mol. The van der Waals surface area contributed by atoms with E-state index in [-0.39, 0.29) is 16.8 Å². The molecule has 0 radical (unpaired) electrons. The summed E-state index contributed by atoms with van der Waals surface area (Å²) in [6.45, 7) is 10.4. The molecule has 2 fully saturated rings. The fourth-order valence-corrected chi connectivity index (χ4v) is 6.45. The molecule has 31 heavy (non-hydrogen) atoms. The van der Waals surface area contributed by atoms with Crippen molar-refractivity contribution in [1.82, 2.24) is 14.5 Å². The number of rotatable bonds is 9. The number of nitrogens with one attached hydrogen (secondary N) is 1. The molecule has 2 aliphatic rings. The van der Waals surface area contributed by atoms with Crippen molar-refractivity contribution in [2.75, 3.05) is 39.4 Å². The summed E-state index contributed by atoms with van der Waals surface area (Å²) < 4.78 is 33.2. The molecule has 0 aromatic heterocycles. The first-order chi connectivity index (χ1) is 14.9. The van der Waals surface area contributed by atoms with Crippen LogP contribution in [0.4, 0.5) is 0 Å². The summed E-state index contributed by atoms with van der Waals surface area (Å²) >= 11 is 0. The molecule has 7 nitrogen and oxygen atoms in total. The molecule has 0 spiro atoms. The summed E-state index contributed by atoms with van der Waals surface area (Å²) in [7, 11) is -3.69. The van der Waals surface area contributed by atoms with Crippen molar-refractivity contribution in [2.45, 2.75) is 63.4 Å². The minimum absolute atomic E-state index is 0.183. The van der Waals surface area contributed by atoms with Gasteiger partial charge in [0, 0.05) is 32.2 Å². The first-order valence-corrected chi connectivity index (χ1v) is 13.0. The van der Waals surface area contributed by atoms with Gasteiger partial charge in [-0.2, -0.15) is 4.31 Å². The number of hydrogen-bond acceptors (Lipinski definition) is 5. The normalized spacial score (nSPS) is 22.0. The van der Waals surface area contributed by atoms with Crippen LogP contribution in [0.5, 0.6) is 0 Å². The lowest BCUT2D eigenvalue weighted by molar-refractivity contribution is -0.124. The molecule has 0 aliphatic carbocycles. The second-order valence-corrected chi connectivity index (χ2v) is 10.5. The number of nitrogens with zero attached hydrogens (tertiary/aromatic N) is 2. The quantitative estimate of drug-likeness (QED) is 0.624. The van der Waals surface area contributed by atoms with Gasteiger partial charge in [-0.15, -0.1) is 0 Å². The van der Waals surface area contributed by atoms with E-state index in [1.807, 2.05) is 6.92 Å². The Morgan fingerprint density at radius 1 is 1.13 bits per heavy atom. The average molecular weight is 452 g/mol. The summed E-state index contributed by atoms with van der Waals surface area (Å²) in [5.74, 6) is 0.298. The Labute approximate surface area is 187 Å². The summed E-state index contributed by atoms with van der Waals surface area (Å²) in [5, 5.41) is 3.11. The molecule has 0 bridgehead atoms. The second kappa shape index (κ2) is 10.9. The van der Waals surface area contributed by atoms with Crippen LogP contribution in [0.15, 0.2) is 29.2 Å². The van der Waals surface area contributed by atoms with Gasteiger partial charge < -0.3 is 10.1 Å². The Balaban J connectivity index is 1.69. The van der Waals surface area contributed by atoms with Gasteiger partial charge in [0.05, 0.1) is 18.1 Å². The third-order valence-corrected chi connectivity index (χ3v) is 8.65. The number of benzene rings is 1. The van der Waals surface area contributed by atoms with E-state index in [2.05, 4.69) is 24.1 Å². The highest BCUT2D eigenvalue weighted by Crippen LogP contribution is 2.27. The van der Waals surface area contributed by atoms with E-state index >= 15 is 0 Å². The number of carbonyl (C=O) groups is 1. The van der Waals surface area contributed by atoms with Crippen LogP contribution in [-0.2, 0) is 19.6 Å². The van der Waals surface area contributed by atoms with E-state index in [1.165, 1.54) is 4.31 Å². The Morgan fingerprint density at radius 2 is 1.77 bits per heavy atom. The number of morpholine rings is 1. The second-order valence-electron chi connectivity index (χ2n) is 8.62. The Kier molecular flexibility index (Phi) is 8.50. The lowest BCUT2D eigenvalue weighted by Crippen LogP contribution is -2.54. The Hall–Kier alpha value is -1.48. The van der Waals surface area contributed by atoms with Gasteiger partial charge >= 0.3 is 0 Å². The van der Waals surface area contributed by atoms with Crippen molar-refractivity contribution in [3.8, 4) is 0 Å². The van der Waals surface area contributed by atoms with Gasteiger partial charge in [0.2, 0.25) is 15.9 Å². The number of aryl methyl sites for hydroxylation is 1. The van der Waals surface area contributed by atoms with Gasteiger partial charge in [-0.1, -0.05) is 44.4 Å². The predicted molar refractivity (Wildman–Crippen MR) is 121 cm³/mol. The average Bonchev–Trinajstić information content (AvgIpc) is 3.28. The summed E-state index contributed by atoms with van der Waals surface area (Å²) in [6, 6.07) is 6.44. The molecule has 1 amide bonds. The molecule has 2 aliphatic heterocycles. The third kappa shape index (κ3) is 5.66. The summed E-state index contributed by atoms with van der Waals surface area (Å²) in [4.78, 5) is 15.8. The predicted octanol–water partition coefficient (Wildman–Crippen LogP) is 2.40. The molecule has 2 heterocycles. The van der Waals surface area contributed by atoms with Crippen molar-refractivity contribution < 1.29 is 17.9 Å². The molecule has 1 aromatic carbocycles. The van der Waals surface area contributed by atoms with E-state index in [0.29, 0.717) is 31.8 Å². The van der Waals surface area contributed by atoms with Gasteiger partial charge in [0.15, 0.2) is 0 Å². The highest BCUT2D eigenvalue weighted by molar-refractivity contribution is 7.89. The highest BCUT2D eigenvalue weighted by Gasteiger charge is 2.40. The fraction of sp³-hybridized carbons (Fsp3) is 0.696. The van der Waals surface area contributed by atoms with Crippen molar-refractivity contribution in [3.05, 3.63) is 29.8 Å². The number of sulfonamides is 1. The zero-order valence-electron chi connectivity index (χ0n) is 19.0. The Bertz CT molecular complexity index is 818. The van der Waals surface area contributed by atoms with Crippen LogP contribution in [-0.4, -0.2) is 75.0 Å². The Morgan fingerprint density at radius 3 is 2.39 bits per heavy atom. The van der Waals surface area contributed by atoms with Gasteiger partial charge in [-0.25, -0.2) is 8.42 Å². The van der Waals surface area contributed by atoms with E-state index in [4.69, 9.17) is 4.74 Å². The largest absolute Gasteiger partial charge is 0.379 e. The number of hydrogen-bond donors (Lipinski definition) is 1. The van der Waals surface area contributed by atoms with Crippen LogP contribution in [0.3, 0.4) is 0 Å². The van der Waals surface area contributed by atoms with Crippen LogP contribution < -0.4 is 5.32 Å². The summed E-state index contributed by atoms with van der Waals surface area (Å²) in [6.07, 6.45) is 3.35. The van der Waals surface area contributed by atoms with E-state index in [9.17, 15) is 13.2 Å². The van der Waals surface area contributed by atoms with Crippen molar-refractivity contribution in [2.24, 2.45) is 5.92 Å². The zero-order valence-corrected chi connectivity index (χ0v) is 19.9. The molecule has 2 atom stereocenters. The van der Waals surface area contributed by atoms with Crippen LogP contribution in [0.2, 0.25) is 0 Å². The molecule has 1 aromatic rings. The highest BCUT2D eigenvalue weighted by atomic mass is 32.2. The lowest BCUT2D eigenvalue weighted by atomic mass is 9.92. The molecule has 3 rings (SSSR count). The van der Waals surface area contributed by atoms with Gasteiger partial charge in [-0.3, -0.25) is 9.69 Å². The molecule has 0 saturated carbocycles. The van der Waals surface area contributed by atoms with Crippen molar-refractivity contribution >= 4 is 15.9 Å². The van der Waals surface area contributed by atoms with Crippen LogP contribution in [0, 0.1) is 12.8 Å². The molecule has 8 heteroatoms. The third-order valence-electron chi connectivity index (χ3n) is 6.73. The minimum Gasteiger partial charge on any atom is -0.379 e. The van der Waals surface area contributed by atoms with Crippen molar-refractivity contribution in [3.63, 3.8) is 0 Å². The summed E-state index contributed by atoms with van der Waals surface area (Å²) in [5.41, 5.74) is 1.00. The van der Waals surface area contributed by atoms with Crippen LogP contribution >= 0.6 is 0 Å². The molecule has 174 valence electrons. The first-order valence-electron chi connectivity index (χ1n) is 11.6. The number of carbonyl (C=O) groups excluding carboxylic acids is 1. The maximum absolute atomic E-state index is 13.2. The van der Waals surface area contributed by atoms with E-state index in [0.717, 1.165) is 44.7 Å². The van der Waals surface area contributed by atoms with Gasteiger partial charge in [0.1, 0.15) is 6.04 Å². The van der Waals surface area contributed by atoms with E-state index in [1.54, 1.807) is 24.3 Å². The zero-order chi connectivity index (χ0) is 22.4. The SMILES string of the molecule is CCC(CC)C(CNC(=O)[C@@H]1CCCN1S(=O)(=O)c1ccc(C)cc1)N1CCOCC1. The van der Waals surface area contributed by atoms with Crippen LogP contribution in [0.25, 0.3) is 0 Å². The maximum atomic E-state index is 13.2. The molecule has 2 saturated heterocycles. The maximum Gasteiger partial charge on any atom is 0.243 e. The molecular formula is C23H37N3O4S. The standard InChI is InChI=1S/C23H37N3O4S/c1-4-19(5-2)22(25-13-15-30-16-14-25)17-24-23(27)21-7-6-12-26(21)31(28,29)20-10-8-18(3)9-11-20/h8-11,19,21-22H,4-7,12-17H2,1-3H3,(H,24,27)/t21-,22?/m0/s1.